The topological polar surface area (TPSA) is 20.3 Å². The molecular formula is C12H21NO. The lowest BCUT2D eigenvalue weighted by Crippen LogP contribution is -2.26. The van der Waals surface area contributed by atoms with Crippen molar-refractivity contribution in [1.29, 1.82) is 0 Å². The molecule has 14 heavy (non-hydrogen) atoms. The number of amides is 1. The summed E-state index contributed by atoms with van der Waals surface area (Å²) in [4.78, 5) is 13.8. The van der Waals surface area contributed by atoms with Crippen LogP contribution >= 0.6 is 0 Å². The first-order valence-electron chi connectivity index (χ1n) is 5.24. The zero-order valence-electron chi connectivity index (χ0n) is 10.1. The van der Waals surface area contributed by atoms with Crippen LogP contribution in [0.25, 0.3) is 0 Å². The van der Waals surface area contributed by atoms with E-state index in [4.69, 9.17) is 0 Å². The van der Waals surface area contributed by atoms with Crippen LogP contribution in [0.5, 0.6) is 0 Å². The molecule has 0 saturated carbocycles. The summed E-state index contributed by atoms with van der Waals surface area (Å²) in [7, 11) is 1.88. The van der Waals surface area contributed by atoms with Crippen LogP contribution in [-0.2, 0) is 4.79 Å². The highest BCUT2D eigenvalue weighted by Crippen LogP contribution is 2.36. The van der Waals surface area contributed by atoms with Gasteiger partial charge in [0.1, 0.15) is 0 Å². The fraction of sp³-hybridized carbons (Fsp3) is 0.750. The number of rotatable bonds is 1. The van der Waals surface area contributed by atoms with Crippen LogP contribution in [0.2, 0.25) is 0 Å². The Labute approximate surface area is 87.0 Å². The molecule has 0 aromatic heterocycles. The van der Waals surface area contributed by atoms with Crippen LogP contribution in [0, 0.1) is 11.3 Å². The van der Waals surface area contributed by atoms with E-state index in [1.807, 2.05) is 11.9 Å². The van der Waals surface area contributed by atoms with Crippen molar-refractivity contribution in [2.45, 2.75) is 34.6 Å². The van der Waals surface area contributed by atoms with Crippen LogP contribution in [0.15, 0.2) is 11.1 Å². The first kappa shape index (κ1) is 11.3. The van der Waals surface area contributed by atoms with Gasteiger partial charge in [-0.2, -0.15) is 0 Å². The molecule has 2 heteroatoms. The van der Waals surface area contributed by atoms with Crippen molar-refractivity contribution >= 4 is 5.91 Å². The molecule has 0 aliphatic carbocycles. The number of likely N-dealkylation sites (N-methyl/N-ethyl adjacent to an activating group) is 1. The first-order valence-corrected chi connectivity index (χ1v) is 5.24. The average molecular weight is 195 g/mol. The zero-order valence-corrected chi connectivity index (χ0v) is 10.1. The molecule has 0 N–H and O–H groups in total. The molecule has 0 radical (unpaired) electrons. The lowest BCUT2D eigenvalue weighted by atomic mass is 9.81. The number of hydrogen-bond acceptors (Lipinski definition) is 1. The number of carbonyl (C=O) groups is 1. The van der Waals surface area contributed by atoms with Crippen molar-refractivity contribution in [2.75, 3.05) is 13.6 Å². The van der Waals surface area contributed by atoms with Crippen LogP contribution in [0.4, 0.5) is 0 Å². The van der Waals surface area contributed by atoms with E-state index in [-0.39, 0.29) is 11.3 Å². The Morgan fingerprint density at radius 2 is 1.79 bits per heavy atom. The van der Waals surface area contributed by atoms with Gasteiger partial charge in [0.05, 0.1) is 0 Å². The minimum absolute atomic E-state index is 0.0263. The summed E-state index contributed by atoms with van der Waals surface area (Å²) in [5.41, 5.74) is 2.31. The second-order valence-corrected chi connectivity index (χ2v) is 5.47. The molecule has 0 atom stereocenters. The number of carbonyl (C=O) groups excluding carboxylic acids is 1. The largest absolute Gasteiger partial charge is 0.338 e. The Bertz CT molecular complexity index is 281. The summed E-state index contributed by atoms with van der Waals surface area (Å²) in [6.45, 7) is 11.5. The summed E-state index contributed by atoms with van der Waals surface area (Å²) in [6.07, 6.45) is 0. The Balaban J connectivity index is 3.17. The van der Waals surface area contributed by atoms with E-state index >= 15 is 0 Å². The zero-order chi connectivity index (χ0) is 11.1. The highest BCUT2D eigenvalue weighted by Gasteiger charge is 2.35. The molecule has 2 nitrogen and oxygen atoms in total. The minimum Gasteiger partial charge on any atom is -0.338 e. The molecule has 1 amide bonds. The number of hydrogen-bond donors (Lipinski definition) is 0. The van der Waals surface area contributed by atoms with Gasteiger partial charge in [0, 0.05) is 19.2 Å². The van der Waals surface area contributed by atoms with Crippen LogP contribution in [0.1, 0.15) is 34.6 Å². The van der Waals surface area contributed by atoms with Gasteiger partial charge in [0.25, 0.3) is 0 Å². The molecular weight excluding hydrogens is 174 g/mol. The second-order valence-electron chi connectivity index (χ2n) is 5.47. The average Bonchev–Trinajstić information content (AvgIpc) is 2.27. The van der Waals surface area contributed by atoms with Crippen molar-refractivity contribution < 1.29 is 4.79 Å². The molecule has 0 unspecified atom stereocenters. The van der Waals surface area contributed by atoms with Gasteiger partial charge in [-0.15, -0.1) is 0 Å². The molecule has 0 aromatic rings. The van der Waals surface area contributed by atoms with E-state index in [9.17, 15) is 4.79 Å². The van der Waals surface area contributed by atoms with Crippen LogP contribution in [0.3, 0.4) is 0 Å². The maximum atomic E-state index is 11.9. The molecule has 1 heterocycles. The third kappa shape index (κ3) is 1.84. The summed E-state index contributed by atoms with van der Waals surface area (Å²) in [6, 6.07) is 0. The Hall–Kier alpha value is -0.790. The fourth-order valence-corrected chi connectivity index (χ4v) is 2.01. The predicted molar refractivity (Wildman–Crippen MR) is 59.0 cm³/mol. The van der Waals surface area contributed by atoms with E-state index in [0.29, 0.717) is 5.92 Å². The van der Waals surface area contributed by atoms with E-state index in [1.165, 1.54) is 5.57 Å². The molecule has 0 fully saturated rings. The Kier molecular flexibility index (Phi) is 2.75. The third-order valence-corrected chi connectivity index (χ3v) is 2.74. The highest BCUT2D eigenvalue weighted by atomic mass is 16.2. The molecule has 0 aromatic carbocycles. The third-order valence-electron chi connectivity index (χ3n) is 2.74. The molecule has 1 aliphatic rings. The molecule has 1 aliphatic heterocycles. The van der Waals surface area contributed by atoms with Crippen molar-refractivity contribution in [3.05, 3.63) is 11.1 Å². The second kappa shape index (κ2) is 3.41. The predicted octanol–water partition coefficient (Wildman–Crippen LogP) is 2.46. The normalized spacial score (nSPS) is 18.8. The van der Waals surface area contributed by atoms with Crippen molar-refractivity contribution in [3.63, 3.8) is 0 Å². The minimum atomic E-state index is -0.0263. The van der Waals surface area contributed by atoms with Crippen molar-refractivity contribution in [2.24, 2.45) is 11.3 Å². The maximum absolute atomic E-state index is 11.9. The molecule has 0 bridgehead atoms. The standard InChI is InChI=1S/C12H21NO/c1-8(2)9-7-13(6)11(14)10(9)12(3,4)5/h8H,7H2,1-6H3. The van der Waals surface area contributed by atoms with Gasteiger partial charge < -0.3 is 4.90 Å². The van der Waals surface area contributed by atoms with E-state index in [2.05, 4.69) is 34.6 Å². The summed E-state index contributed by atoms with van der Waals surface area (Å²) in [5.74, 6) is 0.680. The highest BCUT2D eigenvalue weighted by molar-refractivity contribution is 5.98. The first-order chi connectivity index (χ1) is 6.25. The summed E-state index contributed by atoms with van der Waals surface area (Å²) in [5, 5.41) is 0. The molecule has 0 saturated heterocycles. The van der Waals surface area contributed by atoms with Gasteiger partial charge in [-0.25, -0.2) is 0 Å². The van der Waals surface area contributed by atoms with Gasteiger partial charge in [-0.1, -0.05) is 34.6 Å². The molecule has 0 spiro atoms. The fourth-order valence-electron chi connectivity index (χ4n) is 2.01. The van der Waals surface area contributed by atoms with Gasteiger partial charge in [0.15, 0.2) is 0 Å². The van der Waals surface area contributed by atoms with Crippen LogP contribution in [-0.4, -0.2) is 24.4 Å². The monoisotopic (exact) mass is 195 g/mol. The van der Waals surface area contributed by atoms with Gasteiger partial charge >= 0.3 is 0 Å². The Morgan fingerprint density at radius 1 is 1.29 bits per heavy atom. The van der Waals surface area contributed by atoms with Gasteiger partial charge in [-0.05, 0) is 16.9 Å². The Morgan fingerprint density at radius 3 is 2.07 bits per heavy atom. The van der Waals surface area contributed by atoms with E-state index in [1.54, 1.807) is 0 Å². The van der Waals surface area contributed by atoms with Crippen molar-refractivity contribution in [1.82, 2.24) is 4.90 Å². The maximum Gasteiger partial charge on any atom is 0.250 e. The molecule has 80 valence electrons. The van der Waals surface area contributed by atoms with Gasteiger partial charge in [-0.3, -0.25) is 4.79 Å². The van der Waals surface area contributed by atoms with E-state index < -0.39 is 0 Å². The number of nitrogens with zero attached hydrogens (tertiary/aromatic N) is 1. The SMILES string of the molecule is CC(C)C1=C(C(C)(C)C)C(=O)N(C)C1. The quantitative estimate of drug-likeness (QED) is 0.629. The van der Waals surface area contributed by atoms with Crippen LogP contribution < -0.4 is 0 Å². The smallest absolute Gasteiger partial charge is 0.250 e. The van der Waals surface area contributed by atoms with Gasteiger partial charge in [0.2, 0.25) is 5.91 Å². The lowest BCUT2D eigenvalue weighted by molar-refractivity contribution is -0.125. The summed E-state index contributed by atoms with van der Waals surface area (Å²) >= 11 is 0. The van der Waals surface area contributed by atoms with E-state index in [0.717, 1.165) is 12.1 Å². The summed E-state index contributed by atoms with van der Waals surface area (Å²) < 4.78 is 0. The lowest BCUT2D eigenvalue weighted by Gasteiger charge is -2.22. The molecule has 1 rings (SSSR count). The van der Waals surface area contributed by atoms with Crippen molar-refractivity contribution in [3.8, 4) is 0 Å².